The number of hydrogen-bond donors (Lipinski definition) is 0. The number of alkyl halides is 3. The van der Waals surface area contributed by atoms with Crippen molar-refractivity contribution >= 4 is 11.6 Å². The van der Waals surface area contributed by atoms with Crippen LogP contribution in [0.5, 0.6) is 0 Å². The molecule has 0 saturated carbocycles. The third-order valence-electron chi connectivity index (χ3n) is 1.18. The first-order valence-corrected chi connectivity index (χ1v) is 3.21. The maximum absolute atomic E-state index is 12.0. The van der Waals surface area contributed by atoms with Crippen LogP contribution in [0.2, 0.25) is 5.02 Å². The molecule has 0 aliphatic rings. The number of halogens is 4. The summed E-state index contributed by atoms with van der Waals surface area (Å²) in [4.78, 5) is 0. The fraction of sp³-hybridized carbons (Fsp3) is 0.143. The SMILES string of the molecule is FC(F)(F)c1ccccc1Cl.[Ar]. The largest absolute Gasteiger partial charge is 0.417 e. The Bertz CT molecular complexity index is 259. The van der Waals surface area contributed by atoms with Gasteiger partial charge in [-0.15, -0.1) is 0 Å². The van der Waals surface area contributed by atoms with E-state index >= 15 is 0 Å². The second-order valence-corrected chi connectivity index (χ2v) is 2.38. The Balaban J connectivity index is 0.00000121. The van der Waals surface area contributed by atoms with Gasteiger partial charge in [0.2, 0.25) is 0 Å². The van der Waals surface area contributed by atoms with Crippen molar-refractivity contribution in [2.24, 2.45) is 0 Å². The molecule has 0 atom stereocenters. The van der Waals surface area contributed by atoms with Crippen LogP contribution in [0.4, 0.5) is 13.2 Å². The quantitative estimate of drug-likeness (QED) is 0.629. The molecule has 0 nitrogen and oxygen atoms in total. The van der Waals surface area contributed by atoms with Gasteiger partial charge in [0.05, 0.1) is 10.6 Å². The molecule has 1 rings (SSSR count). The predicted molar refractivity (Wildman–Crippen MR) is 36.5 cm³/mol. The van der Waals surface area contributed by atoms with E-state index in [0.717, 1.165) is 6.07 Å². The van der Waals surface area contributed by atoms with Crippen LogP contribution >= 0.6 is 11.6 Å². The molecule has 12 heavy (non-hydrogen) atoms. The van der Waals surface area contributed by atoms with E-state index in [0.29, 0.717) is 0 Å². The van der Waals surface area contributed by atoms with Crippen molar-refractivity contribution in [3.8, 4) is 0 Å². The van der Waals surface area contributed by atoms with Crippen molar-refractivity contribution in [3.05, 3.63) is 34.9 Å². The zero-order valence-electron chi connectivity index (χ0n) is 5.67. The summed E-state index contributed by atoms with van der Waals surface area (Å²) in [5, 5.41) is -0.264. The normalized spacial score (nSPS) is 10.7. The monoisotopic (exact) mass is 220 g/mol. The average molecular weight is 221 g/mol. The van der Waals surface area contributed by atoms with E-state index in [4.69, 9.17) is 11.6 Å². The molecule has 0 spiro atoms. The van der Waals surface area contributed by atoms with E-state index in [-0.39, 0.29) is 42.8 Å². The van der Waals surface area contributed by atoms with Crippen LogP contribution in [0.1, 0.15) is 5.56 Å². The Morgan fingerprint density at radius 3 is 1.92 bits per heavy atom. The van der Waals surface area contributed by atoms with Gasteiger partial charge in [-0.2, -0.15) is 13.2 Å². The van der Waals surface area contributed by atoms with Crippen LogP contribution in [-0.2, 0) is 6.18 Å². The van der Waals surface area contributed by atoms with Gasteiger partial charge in [0.25, 0.3) is 0 Å². The molecule has 0 bridgehead atoms. The molecular formula is C7H4ArClF3. The Kier molecular flexibility index (Phi) is 4.92. The minimum Gasteiger partial charge on any atom is -0.166 e. The topological polar surface area (TPSA) is 0 Å². The molecule has 0 saturated heterocycles. The Labute approximate surface area is 103 Å². The molecule has 1 aromatic carbocycles. The molecule has 68 valence electrons. The third kappa shape index (κ3) is 3.13. The van der Waals surface area contributed by atoms with Crippen molar-refractivity contribution in [2.45, 2.75) is 6.18 Å². The van der Waals surface area contributed by atoms with Gasteiger partial charge in [-0.25, -0.2) is 0 Å². The number of rotatable bonds is 0. The second kappa shape index (κ2) is 4.70. The van der Waals surface area contributed by atoms with E-state index in [1.54, 1.807) is 0 Å². The van der Waals surface area contributed by atoms with Crippen molar-refractivity contribution in [1.82, 2.24) is 0 Å². The smallest absolute Gasteiger partial charge is 0.166 e. The molecule has 0 unspecified atom stereocenters. The van der Waals surface area contributed by atoms with E-state index in [1.807, 2.05) is 0 Å². The molecule has 1 aromatic rings. The average Bonchev–Trinajstić information content (AvgIpc) is 1.86. The second-order valence-electron chi connectivity index (χ2n) is 1.98. The van der Waals surface area contributed by atoms with Crippen molar-refractivity contribution in [2.75, 3.05) is 0 Å². The van der Waals surface area contributed by atoms with Gasteiger partial charge in [0, 0.05) is 37.7 Å². The zero-order chi connectivity index (χ0) is 8.48. The molecule has 0 N–H and O–H groups in total. The van der Waals surface area contributed by atoms with Crippen LogP contribution < -0.4 is 0 Å². The van der Waals surface area contributed by atoms with Crippen LogP contribution in [0, 0.1) is 37.7 Å². The van der Waals surface area contributed by atoms with Gasteiger partial charge in [-0.3, -0.25) is 0 Å². The molecule has 0 aliphatic carbocycles. The van der Waals surface area contributed by atoms with Gasteiger partial charge >= 0.3 is 6.18 Å². The van der Waals surface area contributed by atoms with Crippen molar-refractivity contribution < 1.29 is 50.9 Å². The maximum Gasteiger partial charge on any atom is 0.417 e. The molecule has 0 heterocycles. The Morgan fingerprint density at radius 2 is 1.58 bits per heavy atom. The van der Waals surface area contributed by atoms with Gasteiger partial charge < -0.3 is 0 Å². The summed E-state index contributed by atoms with van der Waals surface area (Å²) in [5.74, 6) is 0. The zero-order valence-corrected chi connectivity index (χ0v) is 7.14. The summed E-state index contributed by atoms with van der Waals surface area (Å²) in [7, 11) is 0. The molecule has 0 fully saturated rings. The number of benzene rings is 1. The fourth-order valence-corrected chi connectivity index (χ4v) is 0.934. The fourth-order valence-electron chi connectivity index (χ4n) is 0.691. The van der Waals surface area contributed by atoms with E-state index in [9.17, 15) is 13.2 Å². The van der Waals surface area contributed by atoms with Gasteiger partial charge in [0.1, 0.15) is 0 Å². The summed E-state index contributed by atoms with van der Waals surface area (Å²) in [6.07, 6.45) is -4.35. The summed E-state index contributed by atoms with van der Waals surface area (Å²) >= 11 is 5.29. The van der Waals surface area contributed by atoms with E-state index in [2.05, 4.69) is 0 Å². The third-order valence-corrected chi connectivity index (χ3v) is 1.51. The molecule has 0 radical (unpaired) electrons. The molecule has 0 aromatic heterocycles. The van der Waals surface area contributed by atoms with Crippen LogP contribution in [0.3, 0.4) is 0 Å². The van der Waals surface area contributed by atoms with Gasteiger partial charge in [-0.05, 0) is 12.1 Å². The van der Waals surface area contributed by atoms with E-state index in [1.165, 1.54) is 18.2 Å². The first-order valence-electron chi connectivity index (χ1n) is 2.83. The summed E-state index contributed by atoms with van der Waals surface area (Å²) in [5.41, 5.74) is -0.790. The first kappa shape index (κ1) is 12.6. The van der Waals surface area contributed by atoms with Crippen molar-refractivity contribution in [3.63, 3.8) is 0 Å². The minimum atomic E-state index is -4.35. The number of hydrogen-bond acceptors (Lipinski definition) is 0. The van der Waals surface area contributed by atoms with Crippen LogP contribution in [0.15, 0.2) is 24.3 Å². The van der Waals surface area contributed by atoms with E-state index < -0.39 is 11.7 Å². The van der Waals surface area contributed by atoms with Crippen LogP contribution in [0.25, 0.3) is 0 Å². The maximum atomic E-state index is 12.0. The Morgan fingerprint density at radius 1 is 1.08 bits per heavy atom. The summed E-state index contributed by atoms with van der Waals surface area (Å²) in [6.45, 7) is 0. The Hall–Kier alpha value is 0.560. The van der Waals surface area contributed by atoms with Crippen molar-refractivity contribution in [1.29, 1.82) is 0 Å². The standard InChI is InChI=1S/C7H4ClF3.Ar/c8-6-4-2-1-3-5(6)7(9,10)11;/h1-4H;. The van der Waals surface area contributed by atoms with Gasteiger partial charge in [0.15, 0.2) is 0 Å². The first-order chi connectivity index (χ1) is 5.02. The van der Waals surface area contributed by atoms with Gasteiger partial charge in [-0.1, -0.05) is 23.7 Å². The predicted octanol–water partition coefficient (Wildman–Crippen LogP) is 3.36. The minimum absolute atomic E-state index is 0. The molecule has 0 aliphatic heterocycles. The molecular weight excluding hydrogens is 216 g/mol. The molecule has 5 heteroatoms. The summed E-state index contributed by atoms with van der Waals surface area (Å²) in [6, 6.07) is 4.92. The summed E-state index contributed by atoms with van der Waals surface area (Å²) < 4.78 is 35.9. The van der Waals surface area contributed by atoms with Crippen LogP contribution in [-0.4, -0.2) is 0 Å². The molecule has 0 amide bonds.